The van der Waals surface area contributed by atoms with Crippen molar-refractivity contribution in [1.82, 2.24) is 5.43 Å². The fraction of sp³-hybridized carbons (Fsp3) is 0.625. The molecule has 3 heteroatoms. The van der Waals surface area contributed by atoms with Crippen molar-refractivity contribution >= 4 is 5.71 Å². The summed E-state index contributed by atoms with van der Waals surface area (Å²) in [6, 6.07) is 0. The second-order valence-electron chi connectivity index (χ2n) is 2.65. The van der Waals surface area contributed by atoms with Crippen molar-refractivity contribution in [3.8, 4) is 0 Å². The van der Waals surface area contributed by atoms with E-state index in [4.69, 9.17) is 0 Å². The number of hydrogen-bond donors (Lipinski definition) is 2. The molecule has 0 spiro atoms. The van der Waals surface area contributed by atoms with E-state index in [0.717, 1.165) is 0 Å². The monoisotopic (exact) mass is 156 g/mol. The summed E-state index contributed by atoms with van der Waals surface area (Å²) in [6.07, 6.45) is 1.03. The lowest BCUT2D eigenvalue weighted by molar-refractivity contribution is 0.190. The third kappa shape index (κ3) is 3.18. The molecule has 0 radical (unpaired) electrons. The Bertz CT molecular complexity index is 152. The molecule has 1 atom stereocenters. The Morgan fingerprint density at radius 3 is 2.45 bits per heavy atom. The molecule has 0 aliphatic carbocycles. The number of aliphatic hydroxyl groups is 1. The number of hydrazone groups is 1. The van der Waals surface area contributed by atoms with Crippen molar-refractivity contribution < 1.29 is 5.11 Å². The van der Waals surface area contributed by atoms with Gasteiger partial charge in [-0.1, -0.05) is 20.4 Å². The van der Waals surface area contributed by atoms with Crippen LogP contribution in [0.15, 0.2) is 17.8 Å². The minimum absolute atomic E-state index is 0.167. The van der Waals surface area contributed by atoms with Crippen LogP contribution in [0.1, 0.15) is 13.8 Å². The molecule has 1 unspecified atom stereocenters. The van der Waals surface area contributed by atoms with Gasteiger partial charge in [-0.3, -0.25) is 0 Å². The second-order valence-corrected chi connectivity index (χ2v) is 2.65. The van der Waals surface area contributed by atoms with E-state index in [1.807, 2.05) is 13.8 Å². The lowest BCUT2D eigenvalue weighted by atomic mass is 10.0. The molecule has 0 fully saturated rings. The maximum Gasteiger partial charge on any atom is 0.1000 e. The highest BCUT2D eigenvalue weighted by Crippen LogP contribution is 2.03. The van der Waals surface area contributed by atoms with Crippen LogP contribution in [0.2, 0.25) is 0 Å². The van der Waals surface area contributed by atoms with Gasteiger partial charge in [0.25, 0.3) is 0 Å². The summed E-state index contributed by atoms with van der Waals surface area (Å²) in [5, 5.41) is 13.3. The molecular formula is C8H16N2O. The number of nitrogens with one attached hydrogen (secondary N) is 1. The van der Waals surface area contributed by atoms with Crippen LogP contribution < -0.4 is 5.43 Å². The molecule has 0 aromatic rings. The largest absolute Gasteiger partial charge is 0.386 e. The first kappa shape index (κ1) is 10.2. The van der Waals surface area contributed by atoms with Crippen LogP contribution >= 0.6 is 0 Å². The van der Waals surface area contributed by atoms with Gasteiger partial charge >= 0.3 is 0 Å². The third-order valence-electron chi connectivity index (χ3n) is 1.38. The molecule has 64 valence electrons. The molecule has 3 nitrogen and oxygen atoms in total. The molecule has 0 amide bonds. The molecule has 0 aromatic heterocycles. The van der Waals surface area contributed by atoms with Gasteiger partial charge in [-0.15, -0.1) is 0 Å². The maximum absolute atomic E-state index is 9.48. The van der Waals surface area contributed by atoms with Crippen LogP contribution in [0.25, 0.3) is 0 Å². The average Bonchev–Trinajstić information content (AvgIpc) is 1.98. The van der Waals surface area contributed by atoms with E-state index < -0.39 is 6.10 Å². The summed E-state index contributed by atoms with van der Waals surface area (Å²) in [5.41, 5.74) is 3.20. The molecule has 0 rings (SSSR count). The fourth-order valence-electron chi connectivity index (χ4n) is 0.703. The minimum Gasteiger partial charge on any atom is -0.386 e. The Hall–Kier alpha value is -0.830. The summed E-state index contributed by atoms with van der Waals surface area (Å²) in [6.45, 7) is 7.41. The Balaban J connectivity index is 4.25. The predicted octanol–water partition coefficient (Wildman–Crippen LogP) is 0.765. The second kappa shape index (κ2) is 4.91. The first-order valence-corrected chi connectivity index (χ1v) is 3.68. The summed E-state index contributed by atoms with van der Waals surface area (Å²) in [7, 11) is 1.69. The highest BCUT2D eigenvalue weighted by Gasteiger charge is 2.13. The highest BCUT2D eigenvalue weighted by molar-refractivity contribution is 5.97. The van der Waals surface area contributed by atoms with Gasteiger partial charge in [0, 0.05) is 7.05 Å². The van der Waals surface area contributed by atoms with E-state index in [1.54, 1.807) is 13.1 Å². The summed E-state index contributed by atoms with van der Waals surface area (Å²) in [5.74, 6) is 0.167. The lowest BCUT2D eigenvalue weighted by Crippen LogP contribution is -2.26. The molecule has 0 saturated heterocycles. The molecule has 0 aromatic carbocycles. The summed E-state index contributed by atoms with van der Waals surface area (Å²) in [4.78, 5) is 0. The van der Waals surface area contributed by atoms with Gasteiger partial charge in [0.05, 0.1) is 11.8 Å². The summed E-state index contributed by atoms with van der Waals surface area (Å²) >= 11 is 0. The van der Waals surface area contributed by atoms with Gasteiger partial charge in [0.15, 0.2) is 0 Å². The number of aliphatic hydroxyl groups excluding tert-OH is 1. The van der Waals surface area contributed by atoms with E-state index in [1.165, 1.54) is 0 Å². The fourth-order valence-corrected chi connectivity index (χ4v) is 0.703. The van der Waals surface area contributed by atoms with Crippen molar-refractivity contribution in [2.24, 2.45) is 11.0 Å². The van der Waals surface area contributed by atoms with Gasteiger partial charge < -0.3 is 10.5 Å². The van der Waals surface area contributed by atoms with Crippen LogP contribution in [0.3, 0.4) is 0 Å². The first-order valence-electron chi connectivity index (χ1n) is 3.68. The molecule has 2 N–H and O–H groups in total. The zero-order valence-electron chi connectivity index (χ0n) is 7.33. The Morgan fingerprint density at radius 1 is 1.64 bits per heavy atom. The van der Waals surface area contributed by atoms with Gasteiger partial charge in [0.2, 0.25) is 0 Å². The van der Waals surface area contributed by atoms with E-state index >= 15 is 0 Å². The van der Waals surface area contributed by atoms with Crippen molar-refractivity contribution in [3.05, 3.63) is 12.7 Å². The van der Waals surface area contributed by atoms with E-state index in [0.29, 0.717) is 5.71 Å². The highest BCUT2D eigenvalue weighted by atomic mass is 16.3. The standard InChI is InChI=1S/C8H16N2O/c1-5-7(10-9-4)8(11)6(2)3/h5-6,8-9,11H,1H2,2-4H3/b10-7+. The minimum atomic E-state index is -0.528. The van der Waals surface area contributed by atoms with Crippen LogP contribution in [0.5, 0.6) is 0 Å². The van der Waals surface area contributed by atoms with Gasteiger partial charge in [-0.05, 0) is 12.0 Å². The molecule has 0 bridgehead atoms. The van der Waals surface area contributed by atoms with Gasteiger partial charge in [-0.25, -0.2) is 0 Å². The van der Waals surface area contributed by atoms with E-state index in [2.05, 4.69) is 17.1 Å². The molecular weight excluding hydrogens is 140 g/mol. The van der Waals surface area contributed by atoms with Crippen molar-refractivity contribution in [1.29, 1.82) is 0 Å². The first-order chi connectivity index (χ1) is 5.13. The Kier molecular flexibility index (Phi) is 4.54. The average molecular weight is 156 g/mol. The predicted molar refractivity (Wildman–Crippen MR) is 47.5 cm³/mol. The topological polar surface area (TPSA) is 44.6 Å². The quantitative estimate of drug-likeness (QED) is 0.466. The maximum atomic E-state index is 9.48. The van der Waals surface area contributed by atoms with Crippen LogP contribution in [-0.2, 0) is 0 Å². The van der Waals surface area contributed by atoms with Crippen LogP contribution in [-0.4, -0.2) is 24.0 Å². The van der Waals surface area contributed by atoms with Crippen molar-refractivity contribution in [2.75, 3.05) is 7.05 Å². The van der Waals surface area contributed by atoms with Crippen molar-refractivity contribution in [2.45, 2.75) is 20.0 Å². The van der Waals surface area contributed by atoms with Crippen molar-refractivity contribution in [3.63, 3.8) is 0 Å². The summed E-state index contributed by atoms with van der Waals surface area (Å²) < 4.78 is 0. The molecule has 11 heavy (non-hydrogen) atoms. The zero-order chi connectivity index (χ0) is 8.85. The Labute approximate surface area is 67.8 Å². The smallest absolute Gasteiger partial charge is 0.1000 e. The SMILES string of the molecule is C=C/C(=N\NC)C(O)C(C)C. The zero-order valence-corrected chi connectivity index (χ0v) is 7.33. The van der Waals surface area contributed by atoms with Gasteiger partial charge in [0.1, 0.15) is 0 Å². The number of hydrogen-bond acceptors (Lipinski definition) is 3. The van der Waals surface area contributed by atoms with E-state index in [-0.39, 0.29) is 5.92 Å². The lowest BCUT2D eigenvalue weighted by Gasteiger charge is -2.13. The molecule has 0 aliphatic heterocycles. The van der Waals surface area contributed by atoms with E-state index in [9.17, 15) is 5.11 Å². The number of nitrogens with zero attached hydrogens (tertiary/aromatic N) is 1. The third-order valence-corrected chi connectivity index (χ3v) is 1.38. The molecule has 0 heterocycles. The van der Waals surface area contributed by atoms with Crippen LogP contribution in [0.4, 0.5) is 0 Å². The Morgan fingerprint density at radius 2 is 2.18 bits per heavy atom. The molecule has 0 saturated carbocycles. The number of rotatable bonds is 4. The van der Waals surface area contributed by atoms with Gasteiger partial charge in [-0.2, -0.15) is 5.10 Å². The molecule has 0 aliphatic rings. The van der Waals surface area contributed by atoms with Crippen LogP contribution in [0, 0.1) is 5.92 Å². The normalized spacial score (nSPS) is 14.8.